The quantitative estimate of drug-likeness (QED) is 0.757. The molecular weight excluding hydrogens is 200 g/mol. The van der Waals surface area contributed by atoms with Gasteiger partial charge in [0.05, 0.1) is 6.20 Å². The van der Waals surface area contributed by atoms with Crippen molar-refractivity contribution in [2.45, 2.75) is 18.9 Å². The lowest BCUT2D eigenvalue weighted by Crippen LogP contribution is -2.43. The second-order valence-corrected chi connectivity index (χ2v) is 3.95. The molecule has 1 saturated heterocycles. The van der Waals surface area contributed by atoms with Gasteiger partial charge in [0.15, 0.2) is 5.82 Å². The Bertz CT molecular complexity index is 317. The molecule has 1 aromatic heterocycles. The lowest BCUT2D eigenvalue weighted by molar-refractivity contribution is 0.503. The number of halogens is 1. The van der Waals surface area contributed by atoms with Crippen LogP contribution in [0.25, 0.3) is 0 Å². The van der Waals surface area contributed by atoms with Crippen molar-refractivity contribution < 1.29 is 0 Å². The first-order valence-corrected chi connectivity index (χ1v) is 5.11. The number of anilines is 1. The first-order chi connectivity index (χ1) is 6.77. The predicted molar refractivity (Wildman–Crippen MR) is 56.5 cm³/mol. The standard InChI is InChI=1S/C9H13ClN4/c10-8-4-12-6-13-9(8)14-3-1-2-7(11)5-14/h4,6-7H,1-3,5,11H2/t7-/m1/s1. The summed E-state index contributed by atoms with van der Waals surface area (Å²) in [4.78, 5) is 10.1. The van der Waals surface area contributed by atoms with E-state index in [9.17, 15) is 0 Å². The van der Waals surface area contributed by atoms with Gasteiger partial charge in [-0.15, -0.1) is 0 Å². The Balaban J connectivity index is 2.18. The van der Waals surface area contributed by atoms with Gasteiger partial charge in [-0.25, -0.2) is 9.97 Å². The number of nitrogens with two attached hydrogens (primary N) is 1. The molecule has 2 heterocycles. The van der Waals surface area contributed by atoms with Gasteiger partial charge in [0.2, 0.25) is 0 Å². The molecule has 0 radical (unpaired) electrons. The molecule has 14 heavy (non-hydrogen) atoms. The molecule has 1 atom stereocenters. The summed E-state index contributed by atoms with van der Waals surface area (Å²) in [6.45, 7) is 1.81. The van der Waals surface area contributed by atoms with E-state index in [1.165, 1.54) is 6.33 Å². The fraction of sp³-hybridized carbons (Fsp3) is 0.556. The molecule has 1 aliphatic rings. The zero-order valence-electron chi connectivity index (χ0n) is 7.86. The molecule has 2 N–H and O–H groups in total. The highest BCUT2D eigenvalue weighted by molar-refractivity contribution is 6.32. The van der Waals surface area contributed by atoms with Gasteiger partial charge in [-0.05, 0) is 12.8 Å². The predicted octanol–water partition coefficient (Wildman–Crippen LogP) is 1.06. The lowest BCUT2D eigenvalue weighted by Gasteiger charge is -2.31. The molecule has 0 bridgehead atoms. The summed E-state index contributed by atoms with van der Waals surface area (Å²) in [5.74, 6) is 0.803. The maximum atomic E-state index is 6.00. The van der Waals surface area contributed by atoms with E-state index in [0.717, 1.165) is 31.7 Å². The van der Waals surface area contributed by atoms with E-state index in [-0.39, 0.29) is 6.04 Å². The molecule has 0 spiro atoms. The van der Waals surface area contributed by atoms with E-state index in [0.29, 0.717) is 5.02 Å². The molecule has 1 aliphatic heterocycles. The maximum Gasteiger partial charge on any atom is 0.150 e. The molecule has 5 heteroatoms. The fourth-order valence-electron chi connectivity index (χ4n) is 1.74. The van der Waals surface area contributed by atoms with Crippen LogP contribution in [-0.4, -0.2) is 29.1 Å². The maximum absolute atomic E-state index is 6.00. The molecule has 0 unspecified atom stereocenters. The minimum atomic E-state index is 0.231. The summed E-state index contributed by atoms with van der Waals surface area (Å²) in [5.41, 5.74) is 5.88. The molecule has 76 valence electrons. The third-order valence-electron chi connectivity index (χ3n) is 2.41. The first-order valence-electron chi connectivity index (χ1n) is 4.73. The molecule has 0 saturated carbocycles. The molecule has 0 aliphatic carbocycles. The Morgan fingerprint density at radius 3 is 3.14 bits per heavy atom. The van der Waals surface area contributed by atoms with E-state index >= 15 is 0 Å². The zero-order chi connectivity index (χ0) is 9.97. The largest absolute Gasteiger partial charge is 0.354 e. The summed E-state index contributed by atoms with van der Waals surface area (Å²) in [6, 6.07) is 0.231. The summed E-state index contributed by atoms with van der Waals surface area (Å²) >= 11 is 6.00. The normalized spacial score (nSPS) is 22.4. The van der Waals surface area contributed by atoms with Gasteiger partial charge in [0.25, 0.3) is 0 Å². The van der Waals surface area contributed by atoms with Gasteiger partial charge in [-0.2, -0.15) is 0 Å². The Morgan fingerprint density at radius 2 is 2.43 bits per heavy atom. The van der Waals surface area contributed by atoms with Crippen molar-refractivity contribution in [2.75, 3.05) is 18.0 Å². The van der Waals surface area contributed by atoms with Crippen LogP contribution < -0.4 is 10.6 Å². The first kappa shape index (κ1) is 9.68. The summed E-state index contributed by atoms with van der Waals surface area (Å²) in [5, 5.41) is 0.599. The SMILES string of the molecule is N[C@@H]1CCCN(c2ncncc2Cl)C1. The third kappa shape index (κ3) is 1.96. The van der Waals surface area contributed by atoms with Gasteiger partial charge in [-0.3, -0.25) is 0 Å². The van der Waals surface area contributed by atoms with Crippen molar-refractivity contribution in [1.82, 2.24) is 9.97 Å². The van der Waals surface area contributed by atoms with Crippen LogP contribution in [0.3, 0.4) is 0 Å². The second-order valence-electron chi connectivity index (χ2n) is 3.54. The fourth-order valence-corrected chi connectivity index (χ4v) is 1.97. The van der Waals surface area contributed by atoms with Gasteiger partial charge in [0.1, 0.15) is 11.3 Å². The monoisotopic (exact) mass is 212 g/mol. The van der Waals surface area contributed by atoms with Crippen molar-refractivity contribution in [1.29, 1.82) is 0 Å². The van der Waals surface area contributed by atoms with Crippen LogP contribution in [0, 0.1) is 0 Å². The molecule has 1 fully saturated rings. The number of hydrogen-bond donors (Lipinski definition) is 1. The Hall–Kier alpha value is -0.870. The number of nitrogens with zero attached hydrogens (tertiary/aromatic N) is 3. The highest BCUT2D eigenvalue weighted by Gasteiger charge is 2.19. The van der Waals surface area contributed by atoms with Crippen LogP contribution in [0.15, 0.2) is 12.5 Å². The Labute approximate surface area is 88.1 Å². The molecular formula is C9H13ClN4. The molecule has 1 aromatic rings. The number of aromatic nitrogens is 2. The van der Waals surface area contributed by atoms with Crippen LogP contribution >= 0.6 is 11.6 Å². The summed E-state index contributed by atoms with van der Waals surface area (Å²) in [7, 11) is 0. The molecule has 0 aromatic carbocycles. The minimum absolute atomic E-state index is 0.231. The summed E-state index contributed by atoms with van der Waals surface area (Å²) < 4.78 is 0. The van der Waals surface area contributed by atoms with E-state index in [1.807, 2.05) is 0 Å². The van der Waals surface area contributed by atoms with E-state index in [4.69, 9.17) is 17.3 Å². The van der Waals surface area contributed by atoms with E-state index in [1.54, 1.807) is 6.20 Å². The van der Waals surface area contributed by atoms with E-state index in [2.05, 4.69) is 14.9 Å². The average Bonchev–Trinajstić information content (AvgIpc) is 2.18. The van der Waals surface area contributed by atoms with Gasteiger partial charge in [0, 0.05) is 19.1 Å². The van der Waals surface area contributed by atoms with Gasteiger partial charge < -0.3 is 10.6 Å². The second kappa shape index (κ2) is 4.11. The van der Waals surface area contributed by atoms with E-state index < -0.39 is 0 Å². The van der Waals surface area contributed by atoms with Crippen molar-refractivity contribution >= 4 is 17.4 Å². The topological polar surface area (TPSA) is 55.0 Å². The van der Waals surface area contributed by atoms with Crippen LogP contribution in [0.4, 0.5) is 5.82 Å². The Kier molecular flexibility index (Phi) is 2.84. The average molecular weight is 213 g/mol. The lowest BCUT2D eigenvalue weighted by atomic mass is 10.1. The van der Waals surface area contributed by atoms with Crippen molar-refractivity contribution in [3.63, 3.8) is 0 Å². The van der Waals surface area contributed by atoms with Crippen molar-refractivity contribution in [3.05, 3.63) is 17.5 Å². The molecule has 4 nitrogen and oxygen atoms in total. The minimum Gasteiger partial charge on any atom is -0.354 e. The highest BCUT2D eigenvalue weighted by Crippen LogP contribution is 2.23. The summed E-state index contributed by atoms with van der Waals surface area (Å²) in [6.07, 6.45) is 5.31. The number of hydrogen-bond acceptors (Lipinski definition) is 4. The van der Waals surface area contributed by atoms with Crippen molar-refractivity contribution in [2.24, 2.45) is 5.73 Å². The zero-order valence-corrected chi connectivity index (χ0v) is 8.61. The van der Waals surface area contributed by atoms with Gasteiger partial charge >= 0.3 is 0 Å². The smallest absolute Gasteiger partial charge is 0.150 e. The van der Waals surface area contributed by atoms with Crippen LogP contribution in [0.1, 0.15) is 12.8 Å². The molecule has 0 amide bonds. The third-order valence-corrected chi connectivity index (χ3v) is 2.67. The van der Waals surface area contributed by atoms with Crippen LogP contribution in [0.2, 0.25) is 5.02 Å². The van der Waals surface area contributed by atoms with Crippen LogP contribution in [-0.2, 0) is 0 Å². The Morgan fingerprint density at radius 1 is 1.57 bits per heavy atom. The molecule has 2 rings (SSSR count). The van der Waals surface area contributed by atoms with Crippen LogP contribution in [0.5, 0.6) is 0 Å². The number of rotatable bonds is 1. The number of piperidine rings is 1. The van der Waals surface area contributed by atoms with Crippen molar-refractivity contribution in [3.8, 4) is 0 Å². The van der Waals surface area contributed by atoms with Gasteiger partial charge in [-0.1, -0.05) is 11.6 Å². The highest BCUT2D eigenvalue weighted by atomic mass is 35.5.